The number of nitriles is 1. The molecule has 0 radical (unpaired) electrons. The average Bonchev–Trinajstić information content (AvgIpc) is 2.37. The molecule has 0 saturated carbocycles. The van der Waals surface area contributed by atoms with E-state index in [2.05, 4.69) is 6.07 Å². The SMILES string of the molecule is CCC(N)Cc1cc(F)cc(OCCC(C)(C)C#N)c1. The van der Waals surface area contributed by atoms with Crippen LogP contribution in [0.1, 0.15) is 39.2 Å². The summed E-state index contributed by atoms with van der Waals surface area (Å²) >= 11 is 0. The van der Waals surface area contributed by atoms with Crippen molar-refractivity contribution in [2.45, 2.75) is 46.1 Å². The van der Waals surface area contributed by atoms with Crippen molar-refractivity contribution < 1.29 is 9.13 Å². The van der Waals surface area contributed by atoms with Gasteiger partial charge in [0.05, 0.1) is 18.1 Å². The van der Waals surface area contributed by atoms with E-state index < -0.39 is 5.41 Å². The Balaban J connectivity index is 2.65. The first kappa shape index (κ1) is 16.5. The molecule has 0 fully saturated rings. The minimum atomic E-state index is -0.430. The van der Waals surface area contributed by atoms with E-state index in [1.165, 1.54) is 12.1 Å². The smallest absolute Gasteiger partial charge is 0.127 e. The second-order valence-electron chi connectivity index (χ2n) is 5.76. The molecular formula is C16H23FN2O. The highest BCUT2D eigenvalue weighted by Crippen LogP contribution is 2.21. The standard InChI is InChI=1S/C16H23FN2O/c1-4-14(19)8-12-7-13(17)10-15(9-12)20-6-5-16(2,3)11-18/h7,9-10,14H,4-6,8,19H2,1-3H3. The van der Waals surface area contributed by atoms with E-state index in [0.29, 0.717) is 25.2 Å². The van der Waals surface area contributed by atoms with Gasteiger partial charge in [-0.1, -0.05) is 6.92 Å². The molecule has 1 rings (SSSR count). The topological polar surface area (TPSA) is 59.0 Å². The van der Waals surface area contributed by atoms with Crippen molar-refractivity contribution in [3.05, 3.63) is 29.6 Å². The van der Waals surface area contributed by atoms with Crippen LogP contribution in [0.15, 0.2) is 18.2 Å². The molecule has 1 unspecified atom stereocenters. The first-order chi connectivity index (χ1) is 9.36. The molecule has 3 nitrogen and oxygen atoms in total. The van der Waals surface area contributed by atoms with Crippen LogP contribution in [-0.2, 0) is 6.42 Å². The van der Waals surface area contributed by atoms with Gasteiger partial charge >= 0.3 is 0 Å². The summed E-state index contributed by atoms with van der Waals surface area (Å²) in [6, 6.07) is 6.91. The Morgan fingerprint density at radius 2 is 2.10 bits per heavy atom. The first-order valence-electron chi connectivity index (χ1n) is 6.95. The maximum absolute atomic E-state index is 13.5. The molecule has 0 aliphatic carbocycles. The van der Waals surface area contributed by atoms with Crippen LogP contribution in [0.25, 0.3) is 0 Å². The normalized spacial score (nSPS) is 12.8. The van der Waals surface area contributed by atoms with Gasteiger partial charge in [-0.15, -0.1) is 0 Å². The highest BCUT2D eigenvalue weighted by atomic mass is 19.1. The predicted molar refractivity (Wildman–Crippen MR) is 77.9 cm³/mol. The lowest BCUT2D eigenvalue weighted by molar-refractivity contribution is 0.263. The van der Waals surface area contributed by atoms with Crippen molar-refractivity contribution in [3.63, 3.8) is 0 Å². The summed E-state index contributed by atoms with van der Waals surface area (Å²) in [5.41, 5.74) is 6.29. The summed E-state index contributed by atoms with van der Waals surface area (Å²) in [6.45, 7) is 6.11. The van der Waals surface area contributed by atoms with E-state index in [1.807, 2.05) is 26.8 Å². The van der Waals surface area contributed by atoms with Crippen molar-refractivity contribution in [1.82, 2.24) is 0 Å². The number of hydrogen-bond acceptors (Lipinski definition) is 3. The molecule has 1 aromatic rings. The van der Waals surface area contributed by atoms with Gasteiger partial charge in [0, 0.05) is 12.1 Å². The number of halogens is 1. The number of ether oxygens (including phenoxy) is 1. The zero-order valence-electron chi connectivity index (χ0n) is 12.4. The van der Waals surface area contributed by atoms with Gasteiger partial charge in [-0.2, -0.15) is 5.26 Å². The lowest BCUT2D eigenvalue weighted by Gasteiger charge is -2.16. The number of rotatable bonds is 7. The molecule has 0 aliphatic rings. The summed E-state index contributed by atoms with van der Waals surface area (Å²) in [5.74, 6) is 0.178. The molecule has 0 aliphatic heterocycles. The third-order valence-corrected chi connectivity index (χ3v) is 3.25. The van der Waals surface area contributed by atoms with Crippen LogP contribution in [0.5, 0.6) is 5.75 Å². The molecule has 0 aromatic heterocycles. The van der Waals surface area contributed by atoms with Crippen molar-refractivity contribution >= 4 is 0 Å². The molecule has 1 atom stereocenters. The summed E-state index contributed by atoms with van der Waals surface area (Å²) in [4.78, 5) is 0. The molecule has 4 heteroatoms. The third-order valence-electron chi connectivity index (χ3n) is 3.25. The van der Waals surface area contributed by atoms with Crippen LogP contribution in [0.2, 0.25) is 0 Å². The zero-order chi connectivity index (χ0) is 15.2. The van der Waals surface area contributed by atoms with Crippen LogP contribution >= 0.6 is 0 Å². The van der Waals surface area contributed by atoms with E-state index >= 15 is 0 Å². The number of nitrogens with zero attached hydrogens (tertiary/aromatic N) is 1. The summed E-state index contributed by atoms with van der Waals surface area (Å²) in [6.07, 6.45) is 2.08. The maximum Gasteiger partial charge on any atom is 0.127 e. The highest BCUT2D eigenvalue weighted by molar-refractivity contribution is 5.30. The Morgan fingerprint density at radius 3 is 2.70 bits per heavy atom. The molecule has 0 bridgehead atoms. The van der Waals surface area contributed by atoms with Gasteiger partial charge in [0.2, 0.25) is 0 Å². The quantitative estimate of drug-likeness (QED) is 0.831. The fourth-order valence-electron chi connectivity index (χ4n) is 1.75. The minimum Gasteiger partial charge on any atom is -0.493 e. The van der Waals surface area contributed by atoms with E-state index in [-0.39, 0.29) is 11.9 Å². The number of nitrogens with two attached hydrogens (primary N) is 1. The Morgan fingerprint density at radius 1 is 1.40 bits per heavy atom. The van der Waals surface area contributed by atoms with Crippen LogP contribution < -0.4 is 10.5 Å². The minimum absolute atomic E-state index is 0.0298. The van der Waals surface area contributed by atoms with E-state index in [9.17, 15) is 4.39 Å². The largest absolute Gasteiger partial charge is 0.493 e. The van der Waals surface area contributed by atoms with Crippen molar-refractivity contribution in [2.75, 3.05) is 6.61 Å². The van der Waals surface area contributed by atoms with Gasteiger partial charge in [-0.3, -0.25) is 0 Å². The molecular weight excluding hydrogens is 255 g/mol. The Bertz CT molecular complexity index is 480. The van der Waals surface area contributed by atoms with Gasteiger partial charge in [-0.05, 0) is 50.8 Å². The van der Waals surface area contributed by atoms with E-state index in [1.54, 1.807) is 0 Å². The summed E-state index contributed by atoms with van der Waals surface area (Å²) in [5, 5.41) is 8.93. The van der Waals surface area contributed by atoms with Crippen LogP contribution in [0.4, 0.5) is 4.39 Å². The summed E-state index contributed by atoms with van der Waals surface area (Å²) in [7, 11) is 0. The third kappa shape index (κ3) is 5.58. The highest BCUT2D eigenvalue weighted by Gasteiger charge is 2.16. The predicted octanol–water partition coefficient (Wildman–Crippen LogP) is 3.42. The molecule has 1 aromatic carbocycles. The van der Waals surface area contributed by atoms with Gasteiger partial charge in [-0.25, -0.2) is 4.39 Å². The van der Waals surface area contributed by atoms with Crippen LogP contribution in [0, 0.1) is 22.6 Å². The number of hydrogen-bond donors (Lipinski definition) is 1. The molecule has 2 N–H and O–H groups in total. The fraction of sp³-hybridized carbons (Fsp3) is 0.562. The van der Waals surface area contributed by atoms with Crippen molar-refractivity contribution in [3.8, 4) is 11.8 Å². The van der Waals surface area contributed by atoms with Gasteiger partial charge in [0.25, 0.3) is 0 Å². The molecule has 0 amide bonds. The molecule has 110 valence electrons. The average molecular weight is 278 g/mol. The molecule has 0 spiro atoms. The van der Waals surface area contributed by atoms with E-state index in [0.717, 1.165) is 12.0 Å². The second-order valence-corrected chi connectivity index (χ2v) is 5.76. The Labute approximate surface area is 120 Å². The summed E-state index contributed by atoms with van der Waals surface area (Å²) < 4.78 is 19.1. The fourth-order valence-corrected chi connectivity index (χ4v) is 1.75. The van der Waals surface area contributed by atoms with Crippen LogP contribution in [-0.4, -0.2) is 12.6 Å². The van der Waals surface area contributed by atoms with Crippen molar-refractivity contribution in [2.24, 2.45) is 11.1 Å². The molecule has 0 heterocycles. The molecule has 0 saturated heterocycles. The Hall–Kier alpha value is -1.60. The second kappa shape index (κ2) is 7.25. The Kier molecular flexibility index (Phi) is 5.97. The lowest BCUT2D eigenvalue weighted by Crippen LogP contribution is -2.21. The lowest BCUT2D eigenvalue weighted by atomic mass is 9.92. The van der Waals surface area contributed by atoms with Crippen molar-refractivity contribution in [1.29, 1.82) is 5.26 Å². The molecule has 20 heavy (non-hydrogen) atoms. The monoisotopic (exact) mass is 278 g/mol. The van der Waals surface area contributed by atoms with Gasteiger partial charge in [0.15, 0.2) is 0 Å². The van der Waals surface area contributed by atoms with Crippen LogP contribution in [0.3, 0.4) is 0 Å². The number of benzene rings is 1. The van der Waals surface area contributed by atoms with Gasteiger partial charge < -0.3 is 10.5 Å². The zero-order valence-corrected chi connectivity index (χ0v) is 12.4. The van der Waals surface area contributed by atoms with E-state index in [4.69, 9.17) is 15.7 Å². The first-order valence-corrected chi connectivity index (χ1v) is 6.95. The maximum atomic E-state index is 13.5. The van der Waals surface area contributed by atoms with Gasteiger partial charge in [0.1, 0.15) is 11.6 Å².